The Morgan fingerprint density at radius 1 is 1.24 bits per heavy atom. The summed E-state index contributed by atoms with van der Waals surface area (Å²) < 4.78 is 0. The van der Waals surface area contributed by atoms with Gasteiger partial charge in [0.25, 0.3) is 0 Å². The molecule has 0 aliphatic carbocycles. The van der Waals surface area contributed by atoms with Gasteiger partial charge in [-0.25, -0.2) is 10.8 Å². The summed E-state index contributed by atoms with van der Waals surface area (Å²) in [6.45, 7) is 2.90. The zero-order valence-electron chi connectivity index (χ0n) is 9.67. The lowest BCUT2D eigenvalue weighted by molar-refractivity contribution is 0.973. The molecule has 0 radical (unpaired) electrons. The van der Waals surface area contributed by atoms with Crippen molar-refractivity contribution in [3.05, 3.63) is 42.6 Å². The number of anilines is 3. The minimum atomic E-state index is 0.414. The van der Waals surface area contributed by atoms with E-state index < -0.39 is 0 Å². The maximum atomic E-state index is 5.31. The summed E-state index contributed by atoms with van der Waals surface area (Å²) in [5.41, 5.74) is 3.54. The van der Waals surface area contributed by atoms with Crippen LogP contribution in [0.5, 0.6) is 0 Å². The summed E-state index contributed by atoms with van der Waals surface area (Å²) in [5, 5.41) is 0. The van der Waals surface area contributed by atoms with Gasteiger partial charge in [0.05, 0.1) is 0 Å². The van der Waals surface area contributed by atoms with Gasteiger partial charge in [-0.15, -0.1) is 0 Å². The molecule has 3 N–H and O–H groups in total. The molecular formula is C12H15N5. The van der Waals surface area contributed by atoms with E-state index in [0.717, 1.165) is 18.1 Å². The number of hydrogen-bond acceptors (Lipinski definition) is 5. The Morgan fingerprint density at radius 2 is 2.00 bits per heavy atom. The van der Waals surface area contributed by atoms with Crippen LogP contribution < -0.4 is 16.2 Å². The predicted octanol–water partition coefficient (Wildman–Crippen LogP) is 1.92. The van der Waals surface area contributed by atoms with Crippen molar-refractivity contribution < 1.29 is 0 Å². The van der Waals surface area contributed by atoms with Crippen LogP contribution in [0.2, 0.25) is 0 Å². The van der Waals surface area contributed by atoms with Crippen LogP contribution in [0.1, 0.15) is 6.92 Å². The van der Waals surface area contributed by atoms with Gasteiger partial charge in [0.15, 0.2) is 0 Å². The molecule has 0 aliphatic heterocycles. The number of benzene rings is 1. The lowest BCUT2D eigenvalue weighted by atomic mass is 10.3. The Kier molecular flexibility index (Phi) is 3.52. The van der Waals surface area contributed by atoms with Crippen molar-refractivity contribution >= 4 is 17.5 Å². The summed E-state index contributed by atoms with van der Waals surface area (Å²) in [5.74, 6) is 6.54. The first kappa shape index (κ1) is 11.3. The van der Waals surface area contributed by atoms with Crippen LogP contribution in [0.25, 0.3) is 0 Å². The predicted molar refractivity (Wildman–Crippen MR) is 69.0 cm³/mol. The van der Waals surface area contributed by atoms with E-state index in [1.54, 1.807) is 6.20 Å². The van der Waals surface area contributed by atoms with Crippen molar-refractivity contribution in [1.82, 2.24) is 9.97 Å². The van der Waals surface area contributed by atoms with Crippen LogP contribution in [0.3, 0.4) is 0 Å². The normalized spacial score (nSPS) is 10.0. The molecular weight excluding hydrogens is 214 g/mol. The Labute approximate surface area is 100 Å². The van der Waals surface area contributed by atoms with Crippen molar-refractivity contribution in [2.24, 2.45) is 5.84 Å². The minimum Gasteiger partial charge on any atom is -0.327 e. The largest absolute Gasteiger partial charge is 0.327 e. The number of nitrogens with one attached hydrogen (secondary N) is 1. The molecule has 5 heteroatoms. The van der Waals surface area contributed by atoms with Gasteiger partial charge in [-0.05, 0) is 25.1 Å². The fraction of sp³-hybridized carbons (Fsp3) is 0.167. The van der Waals surface area contributed by atoms with Gasteiger partial charge in [-0.3, -0.25) is 5.43 Å². The van der Waals surface area contributed by atoms with Crippen LogP contribution in [-0.4, -0.2) is 16.5 Å². The zero-order valence-corrected chi connectivity index (χ0v) is 9.67. The SMILES string of the molecule is CCN(c1ccccc1)c1ccnc(NN)n1. The second-order valence-corrected chi connectivity index (χ2v) is 3.46. The van der Waals surface area contributed by atoms with E-state index >= 15 is 0 Å². The molecule has 0 fully saturated rings. The monoisotopic (exact) mass is 229 g/mol. The highest BCUT2D eigenvalue weighted by molar-refractivity contribution is 5.60. The minimum absolute atomic E-state index is 0.414. The van der Waals surface area contributed by atoms with Crippen molar-refractivity contribution in [2.75, 3.05) is 16.9 Å². The van der Waals surface area contributed by atoms with E-state index in [2.05, 4.69) is 27.2 Å². The van der Waals surface area contributed by atoms with Gasteiger partial charge in [-0.1, -0.05) is 18.2 Å². The average molecular weight is 229 g/mol. The molecule has 0 bridgehead atoms. The molecule has 0 atom stereocenters. The van der Waals surface area contributed by atoms with Crippen LogP contribution >= 0.6 is 0 Å². The fourth-order valence-electron chi connectivity index (χ4n) is 1.65. The van der Waals surface area contributed by atoms with Crippen LogP contribution in [0.4, 0.5) is 17.5 Å². The number of hydrazine groups is 1. The molecule has 0 unspecified atom stereocenters. The molecule has 0 saturated heterocycles. The molecule has 0 aliphatic rings. The number of aromatic nitrogens is 2. The number of rotatable bonds is 4. The van der Waals surface area contributed by atoms with Crippen LogP contribution in [0, 0.1) is 0 Å². The molecule has 1 aromatic heterocycles. The van der Waals surface area contributed by atoms with Crippen LogP contribution in [-0.2, 0) is 0 Å². The Morgan fingerprint density at radius 3 is 2.65 bits per heavy atom. The quantitative estimate of drug-likeness (QED) is 0.619. The Balaban J connectivity index is 2.35. The molecule has 2 aromatic rings. The summed E-state index contributed by atoms with van der Waals surface area (Å²) in [6.07, 6.45) is 1.68. The fourth-order valence-corrected chi connectivity index (χ4v) is 1.65. The van der Waals surface area contributed by atoms with E-state index in [9.17, 15) is 0 Å². The van der Waals surface area contributed by atoms with Gasteiger partial charge >= 0.3 is 0 Å². The number of nitrogens with two attached hydrogens (primary N) is 1. The third-order valence-corrected chi connectivity index (χ3v) is 2.43. The van der Waals surface area contributed by atoms with E-state index in [0.29, 0.717) is 5.95 Å². The van der Waals surface area contributed by atoms with E-state index in [1.807, 2.05) is 36.4 Å². The maximum Gasteiger partial charge on any atom is 0.239 e. The van der Waals surface area contributed by atoms with Gasteiger partial charge in [0, 0.05) is 18.4 Å². The molecule has 0 spiro atoms. The first-order valence-corrected chi connectivity index (χ1v) is 5.47. The highest BCUT2D eigenvalue weighted by Crippen LogP contribution is 2.22. The van der Waals surface area contributed by atoms with Gasteiger partial charge in [0.1, 0.15) is 5.82 Å². The van der Waals surface area contributed by atoms with Gasteiger partial charge in [0.2, 0.25) is 5.95 Å². The van der Waals surface area contributed by atoms with E-state index in [4.69, 9.17) is 5.84 Å². The number of para-hydroxylation sites is 1. The maximum absolute atomic E-state index is 5.31. The Bertz CT molecular complexity index is 471. The molecule has 1 heterocycles. The summed E-state index contributed by atoms with van der Waals surface area (Å²) >= 11 is 0. The smallest absolute Gasteiger partial charge is 0.239 e. The lowest BCUT2D eigenvalue weighted by Crippen LogP contribution is -2.19. The molecule has 0 amide bonds. The van der Waals surface area contributed by atoms with Crippen LogP contribution in [0.15, 0.2) is 42.6 Å². The average Bonchev–Trinajstić information content (AvgIpc) is 2.41. The number of nitrogens with zero attached hydrogens (tertiary/aromatic N) is 3. The number of nitrogen functional groups attached to an aromatic ring is 1. The molecule has 1 aromatic carbocycles. The summed E-state index contributed by atoms with van der Waals surface area (Å²) in [4.78, 5) is 10.4. The molecule has 17 heavy (non-hydrogen) atoms. The number of hydrogen-bond donors (Lipinski definition) is 2. The second-order valence-electron chi connectivity index (χ2n) is 3.46. The highest BCUT2D eigenvalue weighted by Gasteiger charge is 2.08. The van der Waals surface area contributed by atoms with Crippen molar-refractivity contribution in [1.29, 1.82) is 0 Å². The standard InChI is InChI=1S/C12H15N5/c1-2-17(10-6-4-3-5-7-10)11-8-9-14-12(15-11)16-13/h3-9H,2,13H2,1H3,(H,14,15,16). The van der Waals surface area contributed by atoms with E-state index in [1.165, 1.54) is 0 Å². The zero-order chi connectivity index (χ0) is 12.1. The lowest BCUT2D eigenvalue weighted by Gasteiger charge is -2.22. The van der Waals surface area contributed by atoms with Crippen molar-refractivity contribution in [3.63, 3.8) is 0 Å². The van der Waals surface area contributed by atoms with Crippen molar-refractivity contribution in [2.45, 2.75) is 6.92 Å². The van der Waals surface area contributed by atoms with E-state index in [-0.39, 0.29) is 0 Å². The second kappa shape index (κ2) is 5.27. The first-order chi connectivity index (χ1) is 8.35. The van der Waals surface area contributed by atoms with Crippen molar-refractivity contribution in [3.8, 4) is 0 Å². The highest BCUT2D eigenvalue weighted by atomic mass is 15.3. The molecule has 5 nitrogen and oxygen atoms in total. The third-order valence-electron chi connectivity index (χ3n) is 2.43. The summed E-state index contributed by atoms with van der Waals surface area (Å²) in [7, 11) is 0. The topological polar surface area (TPSA) is 67.1 Å². The first-order valence-electron chi connectivity index (χ1n) is 5.47. The molecule has 2 rings (SSSR count). The third kappa shape index (κ3) is 2.51. The summed E-state index contributed by atoms with van der Waals surface area (Å²) in [6, 6.07) is 11.9. The molecule has 88 valence electrons. The van der Waals surface area contributed by atoms with Gasteiger partial charge < -0.3 is 4.90 Å². The molecule has 0 saturated carbocycles. The Hall–Kier alpha value is -2.14. The van der Waals surface area contributed by atoms with Gasteiger partial charge in [-0.2, -0.15) is 4.98 Å².